The van der Waals surface area contributed by atoms with E-state index in [1.807, 2.05) is 22.4 Å². The van der Waals surface area contributed by atoms with Crippen LogP contribution in [0.25, 0.3) is 6.08 Å². The van der Waals surface area contributed by atoms with Gasteiger partial charge in [-0.15, -0.1) is 11.3 Å². The van der Waals surface area contributed by atoms with E-state index in [1.165, 1.54) is 17.4 Å². The average Bonchev–Trinajstić information content (AvgIpc) is 3.37. The highest BCUT2D eigenvalue weighted by atomic mass is 32.1. The molecule has 0 aliphatic carbocycles. The largest absolute Gasteiger partial charge is 0.493 e. The molecule has 9 heteroatoms. The molecule has 0 unspecified atom stereocenters. The Balaban J connectivity index is 1.43. The lowest BCUT2D eigenvalue weighted by atomic mass is 10.1. The number of hydrogen-bond donors (Lipinski definition) is 1. The lowest BCUT2D eigenvalue weighted by Crippen LogP contribution is -2.50. The van der Waals surface area contributed by atoms with E-state index in [9.17, 15) is 9.59 Å². The summed E-state index contributed by atoms with van der Waals surface area (Å²) in [6, 6.07) is 7.32. The zero-order chi connectivity index (χ0) is 22.9. The van der Waals surface area contributed by atoms with Gasteiger partial charge in [0.25, 0.3) is 5.91 Å². The molecule has 2 aromatic rings. The molecule has 1 N–H and O–H groups in total. The number of carbonyl (C=O) groups is 2. The lowest BCUT2D eigenvalue weighted by Gasteiger charge is -2.34. The topological polar surface area (TPSA) is 80.3 Å². The fraction of sp³-hybridized carbons (Fsp3) is 0.391. The highest BCUT2D eigenvalue weighted by Crippen LogP contribution is 2.38. The third-order valence-electron chi connectivity index (χ3n) is 5.23. The molecule has 1 fully saturated rings. The number of rotatable bonds is 9. The van der Waals surface area contributed by atoms with Crippen molar-refractivity contribution in [1.82, 2.24) is 15.1 Å². The Hall–Kier alpha value is -3.04. The smallest absolute Gasteiger partial charge is 0.264 e. The van der Waals surface area contributed by atoms with Crippen molar-refractivity contribution in [2.75, 3.05) is 60.6 Å². The molecular weight excluding hydrogens is 430 g/mol. The van der Waals surface area contributed by atoms with E-state index in [4.69, 9.17) is 14.2 Å². The molecule has 3 rings (SSSR count). The maximum absolute atomic E-state index is 12.4. The van der Waals surface area contributed by atoms with Crippen LogP contribution in [-0.2, 0) is 4.79 Å². The summed E-state index contributed by atoms with van der Waals surface area (Å²) < 4.78 is 16.0. The molecule has 1 aromatic heterocycles. The van der Waals surface area contributed by atoms with Gasteiger partial charge in [0.2, 0.25) is 11.7 Å². The van der Waals surface area contributed by atoms with Gasteiger partial charge in [0.1, 0.15) is 0 Å². The number of piperazine rings is 1. The van der Waals surface area contributed by atoms with Crippen LogP contribution in [0, 0.1) is 0 Å². The molecule has 8 nitrogen and oxygen atoms in total. The van der Waals surface area contributed by atoms with Crippen LogP contribution in [0.2, 0.25) is 0 Å². The normalized spacial score (nSPS) is 14.4. The standard InChI is InChI=1S/C23H29N3O5S/c1-29-18-15-17(16-19(30-2)22(18)31-3)6-7-21(27)24-8-9-25-10-12-26(13-11-25)23(28)20-5-4-14-32-20/h4-7,14-16H,8-13H2,1-3H3,(H,24,27)/b7-6+. The molecule has 2 heterocycles. The van der Waals surface area contributed by atoms with Gasteiger partial charge in [0.05, 0.1) is 26.2 Å². The summed E-state index contributed by atoms with van der Waals surface area (Å²) in [4.78, 5) is 29.5. The predicted octanol–water partition coefficient (Wildman–Crippen LogP) is 2.36. The third kappa shape index (κ3) is 6.02. The summed E-state index contributed by atoms with van der Waals surface area (Å²) in [5.74, 6) is 1.50. The lowest BCUT2D eigenvalue weighted by molar-refractivity contribution is -0.116. The predicted molar refractivity (Wildman–Crippen MR) is 125 cm³/mol. The minimum absolute atomic E-state index is 0.102. The monoisotopic (exact) mass is 459 g/mol. The van der Waals surface area contributed by atoms with E-state index in [1.54, 1.807) is 39.5 Å². The van der Waals surface area contributed by atoms with Crippen molar-refractivity contribution in [1.29, 1.82) is 0 Å². The Morgan fingerprint density at radius 2 is 1.75 bits per heavy atom. The Labute approximate surface area is 192 Å². The summed E-state index contributed by atoms with van der Waals surface area (Å²) in [6.07, 6.45) is 3.19. The Morgan fingerprint density at radius 1 is 1.06 bits per heavy atom. The maximum Gasteiger partial charge on any atom is 0.264 e. The number of carbonyl (C=O) groups excluding carboxylic acids is 2. The van der Waals surface area contributed by atoms with E-state index in [-0.39, 0.29) is 11.8 Å². The van der Waals surface area contributed by atoms with Crippen LogP contribution in [0.15, 0.2) is 35.7 Å². The summed E-state index contributed by atoms with van der Waals surface area (Å²) in [5, 5.41) is 4.82. The summed E-state index contributed by atoms with van der Waals surface area (Å²) in [7, 11) is 4.65. The molecule has 1 saturated heterocycles. The van der Waals surface area contributed by atoms with Gasteiger partial charge in [-0.25, -0.2) is 0 Å². The highest BCUT2D eigenvalue weighted by molar-refractivity contribution is 7.12. The minimum Gasteiger partial charge on any atom is -0.493 e. The van der Waals surface area contributed by atoms with E-state index < -0.39 is 0 Å². The minimum atomic E-state index is -0.176. The van der Waals surface area contributed by atoms with Crippen LogP contribution >= 0.6 is 11.3 Å². The fourth-order valence-corrected chi connectivity index (χ4v) is 4.19. The third-order valence-corrected chi connectivity index (χ3v) is 6.09. The molecule has 172 valence electrons. The van der Waals surface area contributed by atoms with Gasteiger partial charge in [-0.3, -0.25) is 14.5 Å². The Kier molecular flexibility index (Phi) is 8.52. The first-order valence-corrected chi connectivity index (χ1v) is 11.2. The molecule has 0 spiro atoms. The SMILES string of the molecule is COc1cc(/C=C/C(=O)NCCN2CCN(C(=O)c3cccs3)CC2)cc(OC)c1OC. The van der Waals surface area contributed by atoms with Gasteiger partial charge in [-0.2, -0.15) is 0 Å². The maximum atomic E-state index is 12.4. The number of benzene rings is 1. The van der Waals surface area contributed by atoms with E-state index in [0.29, 0.717) is 36.9 Å². The van der Waals surface area contributed by atoms with Crippen molar-refractivity contribution >= 4 is 29.2 Å². The molecule has 0 bridgehead atoms. The van der Waals surface area contributed by atoms with Crippen LogP contribution in [0.5, 0.6) is 17.2 Å². The molecule has 2 amide bonds. The second kappa shape index (κ2) is 11.5. The number of nitrogens with one attached hydrogen (secondary N) is 1. The zero-order valence-corrected chi connectivity index (χ0v) is 19.4. The summed E-state index contributed by atoms with van der Waals surface area (Å²) in [5.41, 5.74) is 0.765. The van der Waals surface area contributed by atoms with Crippen molar-refractivity contribution in [3.8, 4) is 17.2 Å². The van der Waals surface area contributed by atoms with Gasteiger partial charge >= 0.3 is 0 Å². The molecular formula is C23H29N3O5S. The zero-order valence-electron chi connectivity index (χ0n) is 18.6. The summed E-state index contributed by atoms with van der Waals surface area (Å²) >= 11 is 1.47. The van der Waals surface area contributed by atoms with Gasteiger partial charge in [-0.1, -0.05) is 6.07 Å². The van der Waals surface area contributed by atoms with E-state index >= 15 is 0 Å². The number of methoxy groups -OCH3 is 3. The first-order chi connectivity index (χ1) is 15.5. The Morgan fingerprint density at radius 3 is 2.31 bits per heavy atom. The van der Waals surface area contributed by atoms with Gasteiger partial charge in [-0.05, 0) is 35.2 Å². The number of nitrogens with zero attached hydrogens (tertiary/aromatic N) is 2. The molecule has 0 saturated carbocycles. The number of ether oxygens (including phenoxy) is 3. The van der Waals surface area contributed by atoms with Crippen LogP contribution in [-0.4, -0.2) is 82.2 Å². The van der Waals surface area contributed by atoms with Crippen molar-refractivity contribution < 1.29 is 23.8 Å². The van der Waals surface area contributed by atoms with E-state index in [2.05, 4.69) is 10.2 Å². The first kappa shape index (κ1) is 23.6. The van der Waals surface area contributed by atoms with Crippen LogP contribution in [0.3, 0.4) is 0 Å². The second-order valence-electron chi connectivity index (χ2n) is 7.19. The van der Waals surface area contributed by atoms with Gasteiger partial charge < -0.3 is 24.4 Å². The Bertz CT molecular complexity index is 912. The second-order valence-corrected chi connectivity index (χ2v) is 8.14. The molecule has 1 aliphatic rings. The first-order valence-electron chi connectivity index (χ1n) is 10.4. The molecule has 1 aliphatic heterocycles. The molecule has 0 atom stereocenters. The van der Waals surface area contributed by atoms with E-state index in [0.717, 1.165) is 30.1 Å². The number of hydrogen-bond acceptors (Lipinski definition) is 7. The molecule has 32 heavy (non-hydrogen) atoms. The average molecular weight is 460 g/mol. The van der Waals surface area contributed by atoms with Gasteiger partial charge in [0.15, 0.2) is 11.5 Å². The summed E-state index contributed by atoms with van der Waals surface area (Å²) in [6.45, 7) is 4.28. The van der Waals surface area contributed by atoms with Crippen molar-refractivity contribution in [3.63, 3.8) is 0 Å². The van der Waals surface area contributed by atoms with Crippen LogP contribution in [0.4, 0.5) is 0 Å². The fourth-order valence-electron chi connectivity index (χ4n) is 3.50. The van der Waals surface area contributed by atoms with Gasteiger partial charge in [0, 0.05) is 45.3 Å². The number of thiophene rings is 1. The van der Waals surface area contributed by atoms with Crippen molar-refractivity contribution in [2.45, 2.75) is 0 Å². The van der Waals surface area contributed by atoms with Crippen LogP contribution < -0.4 is 19.5 Å². The highest BCUT2D eigenvalue weighted by Gasteiger charge is 2.22. The quantitative estimate of drug-likeness (QED) is 0.580. The van der Waals surface area contributed by atoms with Crippen molar-refractivity contribution in [3.05, 3.63) is 46.2 Å². The molecule has 1 aromatic carbocycles. The number of amides is 2. The molecule has 0 radical (unpaired) electrons. The van der Waals surface area contributed by atoms with Crippen LogP contribution in [0.1, 0.15) is 15.2 Å². The van der Waals surface area contributed by atoms with Crippen molar-refractivity contribution in [2.24, 2.45) is 0 Å².